The topological polar surface area (TPSA) is 41.1 Å². The summed E-state index contributed by atoms with van der Waals surface area (Å²) in [6, 6.07) is 2.22. The molecule has 0 bridgehead atoms. The standard InChI is InChI=1S/C10H13IN2OS.ClH/c11-9-4-7(6-15-9)10(14)13-8-2-1-3-12-5-8;/h4,6,8,12H,1-3,5H2,(H,13,14);1H/t8-;/m0./s1. The largest absolute Gasteiger partial charge is 0.348 e. The van der Waals surface area contributed by atoms with Crippen LogP contribution >= 0.6 is 46.3 Å². The molecule has 1 amide bonds. The Morgan fingerprint density at radius 2 is 2.44 bits per heavy atom. The average Bonchev–Trinajstić information content (AvgIpc) is 2.66. The molecule has 2 heterocycles. The number of nitrogens with one attached hydrogen (secondary N) is 2. The maximum atomic E-state index is 11.8. The highest BCUT2D eigenvalue weighted by molar-refractivity contribution is 14.1. The van der Waals surface area contributed by atoms with Crippen molar-refractivity contribution in [1.29, 1.82) is 0 Å². The molecule has 1 aromatic heterocycles. The van der Waals surface area contributed by atoms with Crippen LogP contribution in [-0.4, -0.2) is 25.0 Å². The Morgan fingerprint density at radius 1 is 1.62 bits per heavy atom. The fourth-order valence-corrected chi connectivity index (χ4v) is 3.00. The van der Waals surface area contributed by atoms with Gasteiger partial charge in [-0.25, -0.2) is 0 Å². The van der Waals surface area contributed by atoms with Crippen LogP contribution < -0.4 is 10.6 Å². The first kappa shape index (κ1) is 14.2. The second kappa shape index (κ2) is 6.78. The van der Waals surface area contributed by atoms with E-state index in [4.69, 9.17) is 0 Å². The summed E-state index contributed by atoms with van der Waals surface area (Å²) in [6.45, 7) is 1.97. The van der Waals surface area contributed by atoms with E-state index in [0.29, 0.717) is 6.04 Å². The van der Waals surface area contributed by atoms with Gasteiger partial charge in [-0.05, 0) is 48.0 Å². The maximum Gasteiger partial charge on any atom is 0.252 e. The minimum absolute atomic E-state index is 0. The molecular weight excluding hydrogens is 359 g/mol. The predicted octanol–water partition coefficient (Wildman–Crippen LogP) is 2.26. The Morgan fingerprint density at radius 3 is 3.00 bits per heavy atom. The van der Waals surface area contributed by atoms with Gasteiger partial charge in [-0.1, -0.05) is 0 Å². The molecule has 1 aliphatic heterocycles. The monoisotopic (exact) mass is 372 g/mol. The van der Waals surface area contributed by atoms with E-state index < -0.39 is 0 Å². The molecule has 0 spiro atoms. The maximum absolute atomic E-state index is 11.8. The van der Waals surface area contributed by atoms with Crippen LogP contribution in [0.3, 0.4) is 0 Å². The lowest BCUT2D eigenvalue weighted by atomic mass is 10.1. The van der Waals surface area contributed by atoms with Crippen LogP contribution in [-0.2, 0) is 0 Å². The molecule has 1 saturated heterocycles. The van der Waals surface area contributed by atoms with Gasteiger partial charge < -0.3 is 10.6 Å². The van der Waals surface area contributed by atoms with Crippen molar-refractivity contribution in [2.75, 3.05) is 13.1 Å². The number of carbonyl (C=O) groups is 1. The molecule has 3 nitrogen and oxygen atoms in total. The molecule has 2 rings (SSSR count). The van der Waals surface area contributed by atoms with Crippen molar-refractivity contribution < 1.29 is 4.79 Å². The number of halogens is 2. The molecule has 1 aliphatic rings. The van der Waals surface area contributed by atoms with Gasteiger partial charge in [-0.15, -0.1) is 23.7 Å². The van der Waals surface area contributed by atoms with Crippen LogP contribution in [0.25, 0.3) is 0 Å². The zero-order valence-corrected chi connectivity index (χ0v) is 12.5. The fourth-order valence-electron chi connectivity index (χ4n) is 1.67. The molecule has 0 aliphatic carbocycles. The third kappa shape index (κ3) is 3.87. The van der Waals surface area contributed by atoms with Crippen LogP contribution in [0, 0.1) is 2.88 Å². The number of hydrogen-bond donors (Lipinski definition) is 2. The number of rotatable bonds is 2. The van der Waals surface area contributed by atoms with Gasteiger partial charge in [0.2, 0.25) is 0 Å². The summed E-state index contributed by atoms with van der Waals surface area (Å²) >= 11 is 3.84. The Kier molecular flexibility index (Phi) is 6.02. The fraction of sp³-hybridized carbons (Fsp3) is 0.500. The van der Waals surface area contributed by atoms with Crippen molar-refractivity contribution >= 4 is 52.2 Å². The summed E-state index contributed by atoms with van der Waals surface area (Å²) in [5, 5.41) is 8.24. The second-order valence-electron chi connectivity index (χ2n) is 3.66. The molecule has 0 unspecified atom stereocenters. The van der Waals surface area contributed by atoms with E-state index >= 15 is 0 Å². The van der Waals surface area contributed by atoms with Gasteiger partial charge in [-0.3, -0.25) is 4.79 Å². The van der Waals surface area contributed by atoms with Crippen molar-refractivity contribution in [2.24, 2.45) is 0 Å². The minimum Gasteiger partial charge on any atom is -0.348 e. The van der Waals surface area contributed by atoms with Crippen LogP contribution in [0.4, 0.5) is 0 Å². The number of thiophene rings is 1. The summed E-state index contributed by atoms with van der Waals surface area (Å²) in [5.74, 6) is 0.0582. The molecule has 0 radical (unpaired) electrons. The molecule has 0 saturated carbocycles. The van der Waals surface area contributed by atoms with Gasteiger partial charge in [-0.2, -0.15) is 0 Å². The Bertz CT molecular complexity index is 352. The zero-order chi connectivity index (χ0) is 10.7. The van der Waals surface area contributed by atoms with Gasteiger partial charge >= 0.3 is 0 Å². The van der Waals surface area contributed by atoms with E-state index in [-0.39, 0.29) is 18.3 Å². The smallest absolute Gasteiger partial charge is 0.252 e. The number of hydrogen-bond acceptors (Lipinski definition) is 3. The lowest BCUT2D eigenvalue weighted by molar-refractivity contribution is 0.0931. The summed E-state index contributed by atoms with van der Waals surface area (Å²) in [5.41, 5.74) is 0.787. The summed E-state index contributed by atoms with van der Waals surface area (Å²) in [6.07, 6.45) is 2.23. The van der Waals surface area contributed by atoms with Crippen molar-refractivity contribution in [3.05, 3.63) is 19.9 Å². The lowest BCUT2D eigenvalue weighted by Gasteiger charge is -2.23. The van der Waals surface area contributed by atoms with E-state index in [1.807, 2.05) is 11.4 Å². The predicted molar refractivity (Wildman–Crippen MR) is 77.6 cm³/mol. The summed E-state index contributed by atoms with van der Waals surface area (Å²) < 4.78 is 1.15. The lowest BCUT2D eigenvalue weighted by Crippen LogP contribution is -2.45. The van der Waals surface area contributed by atoms with E-state index in [1.165, 1.54) is 0 Å². The van der Waals surface area contributed by atoms with Gasteiger partial charge in [0.1, 0.15) is 0 Å². The van der Waals surface area contributed by atoms with Gasteiger partial charge in [0, 0.05) is 18.0 Å². The molecule has 1 fully saturated rings. The van der Waals surface area contributed by atoms with Crippen molar-refractivity contribution in [2.45, 2.75) is 18.9 Å². The molecule has 2 N–H and O–H groups in total. The van der Waals surface area contributed by atoms with E-state index in [0.717, 1.165) is 34.4 Å². The summed E-state index contributed by atoms with van der Waals surface area (Å²) in [4.78, 5) is 11.8. The van der Waals surface area contributed by atoms with E-state index in [9.17, 15) is 4.79 Å². The normalized spacial score (nSPS) is 19.9. The average molecular weight is 373 g/mol. The van der Waals surface area contributed by atoms with Crippen molar-refractivity contribution in [1.82, 2.24) is 10.6 Å². The molecule has 1 aromatic rings. The second-order valence-corrected chi connectivity index (χ2v) is 6.46. The van der Waals surface area contributed by atoms with Crippen LogP contribution in [0.15, 0.2) is 11.4 Å². The SMILES string of the molecule is Cl.O=C(N[C@H]1CCCNC1)c1csc(I)c1. The van der Waals surface area contributed by atoms with Crippen molar-refractivity contribution in [3.8, 4) is 0 Å². The highest BCUT2D eigenvalue weighted by Gasteiger charge is 2.16. The van der Waals surface area contributed by atoms with E-state index in [2.05, 4.69) is 33.2 Å². The van der Waals surface area contributed by atoms with Crippen LogP contribution in [0.2, 0.25) is 0 Å². The first-order chi connectivity index (χ1) is 7.25. The van der Waals surface area contributed by atoms with Gasteiger partial charge in [0.25, 0.3) is 5.91 Å². The molecule has 0 aromatic carbocycles. The quantitative estimate of drug-likeness (QED) is 0.782. The van der Waals surface area contributed by atoms with Gasteiger partial charge in [0.15, 0.2) is 0 Å². The molecule has 16 heavy (non-hydrogen) atoms. The first-order valence-electron chi connectivity index (χ1n) is 5.01. The highest BCUT2D eigenvalue weighted by atomic mass is 127. The molecule has 6 heteroatoms. The molecule has 90 valence electrons. The van der Waals surface area contributed by atoms with E-state index in [1.54, 1.807) is 11.3 Å². The number of amides is 1. The van der Waals surface area contributed by atoms with Crippen LogP contribution in [0.5, 0.6) is 0 Å². The van der Waals surface area contributed by atoms with Crippen molar-refractivity contribution in [3.63, 3.8) is 0 Å². The molecular formula is C10H14ClIN2OS. The zero-order valence-electron chi connectivity index (χ0n) is 8.66. The number of piperidine rings is 1. The minimum atomic E-state index is 0. The third-order valence-electron chi connectivity index (χ3n) is 2.46. The summed E-state index contributed by atoms with van der Waals surface area (Å²) in [7, 11) is 0. The van der Waals surface area contributed by atoms with Gasteiger partial charge in [0.05, 0.1) is 8.45 Å². The Balaban J connectivity index is 0.00000128. The Labute approximate surface area is 119 Å². The van der Waals surface area contributed by atoms with Crippen LogP contribution in [0.1, 0.15) is 23.2 Å². The first-order valence-corrected chi connectivity index (χ1v) is 6.97. The Hall–Kier alpha value is 0.150. The number of carbonyl (C=O) groups excluding carboxylic acids is 1. The molecule has 1 atom stereocenters. The highest BCUT2D eigenvalue weighted by Crippen LogP contribution is 2.16. The third-order valence-corrected chi connectivity index (χ3v) is 4.25.